The Kier molecular flexibility index (Phi) is 7.72. The number of hydrogen-bond donors (Lipinski definition) is 2. The van der Waals surface area contributed by atoms with Gasteiger partial charge < -0.3 is 15.4 Å². The second-order valence-electron chi connectivity index (χ2n) is 7.72. The van der Waals surface area contributed by atoms with E-state index < -0.39 is 0 Å². The molecule has 172 valence electrons. The first-order chi connectivity index (χ1) is 16.6. The van der Waals surface area contributed by atoms with Gasteiger partial charge in [-0.1, -0.05) is 78.9 Å². The topological polar surface area (TPSA) is 50.4 Å². The number of para-hydroxylation sites is 1. The molecule has 0 saturated heterocycles. The van der Waals surface area contributed by atoms with Crippen molar-refractivity contribution in [3.8, 4) is 11.1 Å². The molecule has 34 heavy (non-hydrogen) atoms. The lowest BCUT2D eigenvalue weighted by Crippen LogP contribution is -2.21. The average molecular weight is 487 g/mol. The monoisotopic (exact) mass is 486 g/mol. The molecule has 1 aromatic heterocycles. The van der Waals surface area contributed by atoms with Crippen LogP contribution in [-0.4, -0.2) is 17.7 Å². The smallest absolute Gasteiger partial charge is 0.341 e. The fourth-order valence-electron chi connectivity index (χ4n) is 3.85. The van der Waals surface area contributed by atoms with Crippen LogP contribution in [0.1, 0.15) is 33.3 Å². The highest BCUT2D eigenvalue weighted by Crippen LogP contribution is 2.40. The maximum Gasteiger partial charge on any atom is 0.341 e. The number of aryl methyl sites for hydroxylation is 1. The van der Waals surface area contributed by atoms with Crippen molar-refractivity contribution >= 4 is 45.3 Å². The van der Waals surface area contributed by atoms with Crippen LogP contribution in [0, 0.1) is 6.92 Å². The molecule has 0 amide bonds. The van der Waals surface area contributed by atoms with E-state index in [9.17, 15) is 4.79 Å². The first-order valence-electron chi connectivity index (χ1n) is 11.1. The van der Waals surface area contributed by atoms with Crippen LogP contribution in [0.25, 0.3) is 11.1 Å². The lowest BCUT2D eigenvalue weighted by molar-refractivity contribution is 0.0529. The Labute approximate surface area is 209 Å². The molecule has 2 N–H and O–H groups in total. The summed E-state index contributed by atoms with van der Waals surface area (Å²) in [7, 11) is 0. The van der Waals surface area contributed by atoms with Gasteiger partial charge in [-0.25, -0.2) is 4.79 Å². The number of esters is 1. The molecular formula is C28H26N2O2S2. The van der Waals surface area contributed by atoms with Crippen LogP contribution in [0.2, 0.25) is 0 Å². The van der Waals surface area contributed by atoms with Gasteiger partial charge in [-0.3, -0.25) is 0 Å². The molecule has 0 saturated carbocycles. The predicted octanol–water partition coefficient (Wildman–Crippen LogP) is 7.30. The van der Waals surface area contributed by atoms with Crippen molar-refractivity contribution < 1.29 is 9.53 Å². The molecule has 0 aliphatic rings. The number of carbonyl (C=O) groups excluding carboxylic acids is 1. The van der Waals surface area contributed by atoms with Gasteiger partial charge in [-0.05, 0) is 55.2 Å². The number of carbonyl (C=O) groups is 1. The van der Waals surface area contributed by atoms with Crippen molar-refractivity contribution in [2.24, 2.45) is 0 Å². The second kappa shape index (κ2) is 11.1. The molecule has 6 heteroatoms. The second-order valence-corrected chi connectivity index (χ2v) is 9.36. The molecule has 0 atom stereocenters. The van der Waals surface area contributed by atoms with Gasteiger partial charge in [0.1, 0.15) is 10.6 Å². The third-order valence-corrected chi connectivity index (χ3v) is 6.58. The van der Waals surface area contributed by atoms with Crippen LogP contribution in [-0.2, 0) is 11.2 Å². The Morgan fingerprint density at radius 1 is 0.912 bits per heavy atom. The summed E-state index contributed by atoms with van der Waals surface area (Å²) >= 11 is 7.15. The molecule has 0 unspecified atom stereocenters. The van der Waals surface area contributed by atoms with Crippen molar-refractivity contribution in [3.05, 3.63) is 106 Å². The molecule has 1 heterocycles. The molecule has 0 aliphatic carbocycles. The van der Waals surface area contributed by atoms with E-state index in [1.54, 1.807) is 0 Å². The Balaban J connectivity index is 1.60. The van der Waals surface area contributed by atoms with Gasteiger partial charge in [0.2, 0.25) is 0 Å². The van der Waals surface area contributed by atoms with Crippen LogP contribution < -0.4 is 10.6 Å². The van der Waals surface area contributed by atoms with E-state index in [0.717, 1.165) is 33.7 Å². The minimum Gasteiger partial charge on any atom is -0.462 e. The molecule has 0 aliphatic heterocycles. The fraction of sp³-hybridized carbons (Fsp3) is 0.143. The van der Waals surface area contributed by atoms with Gasteiger partial charge in [0.15, 0.2) is 5.11 Å². The molecule has 0 radical (unpaired) electrons. The third kappa shape index (κ3) is 5.53. The number of thiophene rings is 1. The summed E-state index contributed by atoms with van der Waals surface area (Å²) in [6, 6.07) is 28.3. The molecule has 4 rings (SSSR count). The Hall–Kier alpha value is -3.48. The highest BCUT2D eigenvalue weighted by atomic mass is 32.1. The van der Waals surface area contributed by atoms with Gasteiger partial charge in [-0.2, -0.15) is 0 Å². The van der Waals surface area contributed by atoms with Crippen molar-refractivity contribution in [2.75, 3.05) is 17.2 Å². The molecular weight excluding hydrogens is 460 g/mol. The summed E-state index contributed by atoms with van der Waals surface area (Å²) in [6.07, 6.45) is 0.789. The van der Waals surface area contributed by atoms with Gasteiger partial charge in [-0.15, -0.1) is 11.3 Å². The maximum absolute atomic E-state index is 13.0. The van der Waals surface area contributed by atoms with Crippen LogP contribution >= 0.6 is 23.6 Å². The first kappa shape index (κ1) is 23.7. The van der Waals surface area contributed by atoms with Crippen molar-refractivity contribution in [3.63, 3.8) is 0 Å². The Morgan fingerprint density at radius 2 is 1.56 bits per heavy atom. The van der Waals surface area contributed by atoms with E-state index in [2.05, 4.69) is 28.8 Å². The lowest BCUT2D eigenvalue weighted by Gasteiger charge is -2.15. The summed E-state index contributed by atoms with van der Waals surface area (Å²) in [5.41, 5.74) is 5.64. The largest absolute Gasteiger partial charge is 0.462 e. The molecule has 3 aromatic carbocycles. The van der Waals surface area contributed by atoms with Gasteiger partial charge in [0.25, 0.3) is 0 Å². The first-order valence-corrected chi connectivity index (χ1v) is 12.3. The minimum absolute atomic E-state index is 0.303. The number of rotatable bonds is 7. The molecule has 0 fully saturated rings. The number of anilines is 2. The van der Waals surface area contributed by atoms with Crippen LogP contribution in [0.15, 0.2) is 84.9 Å². The summed E-state index contributed by atoms with van der Waals surface area (Å²) in [5.74, 6) is -0.361. The zero-order valence-electron chi connectivity index (χ0n) is 19.1. The average Bonchev–Trinajstić information content (AvgIpc) is 3.17. The van der Waals surface area contributed by atoms with Crippen molar-refractivity contribution in [1.29, 1.82) is 0 Å². The summed E-state index contributed by atoms with van der Waals surface area (Å²) in [5, 5.41) is 7.68. The maximum atomic E-state index is 13.0. The number of nitrogens with one attached hydrogen (secondary N) is 2. The summed E-state index contributed by atoms with van der Waals surface area (Å²) < 4.78 is 5.39. The molecule has 4 nitrogen and oxygen atoms in total. The zero-order valence-corrected chi connectivity index (χ0v) is 20.8. The van der Waals surface area contributed by atoms with Crippen LogP contribution in [0.3, 0.4) is 0 Å². The number of hydrogen-bond acceptors (Lipinski definition) is 4. The SMILES string of the molecule is CCOC(=O)c1c(NC(=S)Nc2ccccc2Cc2ccccc2)sc(C)c1-c1ccccc1. The summed E-state index contributed by atoms with van der Waals surface area (Å²) in [6.45, 7) is 4.12. The van der Waals surface area contributed by atoms with Crippen LogP contribution in [0.4, 0.5) is 10.7 Å². The lowest BCUT2D eigenvalue weighted by atomic mass is 10.0. The van der Waals surface area contributed by atoms with Gasteiger partial charge in [0, 0.05) is 16.1 Å². The number of thiocarbonyl (C=S) groups is 1. The predicted molar refractivity (Wildman–Crippen MR) is 146 cm³/mol. The van der Waals surface area contributed by atoms with E-state index in [-0.39, 0.29) is 5.97 Å². The van der Waals surface area contributed by atoms with E-state index >= 15 is 0 Å². The van der Waals surface area contributed by atoms with Crippen molar-refractivity contribution in [2.45, 2.75) is 20.3 Å². The van der Waals surface area contributed by atoms with Crippen molar-refractivity contribution in [1.82, 2.24) is 0 Å². The fourth-order valence-corrected chi connectivity index (χ4v) is 5.20. The standard InChI is InChI=1S/C28H26N2O2S2/c1-3-32-27(31)25-24(21-14-8-5-9-15-21)19(2)34-26(25)30-28(33)29-23-17-11-10-16-22(23)18-20-12-6-4-7-13-20/h4-17H,3,18H2,1-2H3,(H2,29,30,33). The number of benzene rings is 3. The molecule has 0 spiro atoms. The van der Waals surface area contributed by atoms with E-state index in [1.807, 2.05) is 80.6 Å². The Bertz CT molecular complexity index is 1280. The quantitative estimate of drug-likeness (QED) is 0.212. The normalized spacial score (nSPS) is 10.5. The van der Waals surface area contributed by atoms with Gasteiger partial charge >= 0.3 is 5.97 Å². The van der Waals surface area contributed by atoms with E-state index in [0.29, 0.717) is 22.3 Å². The van der Waals surface area contributed by atoms with Crippen LogP contribution in [0.5, 0.6) is 0 Å². The van der Waals surface area contributed by atoms with E-state index in [4.69, 9.17) is 17.0 Å². The minimum atomic E-state index is -0.361. The number of ether oxygens (including phenoxy) is 1. The Morgan fingerprint density at radius 3 is 2.26 bits per heavy atom. The van der Waals surface area contributed by atoms with Gasteiger partial charge in [0.05, 0.1) is 6.61 Å². The zero-order chi connectivity index (χ0) is 23.9. The summed E-state index contributed by atoms with van der Waals surface area (Å²) in [4.78, 5) is 14.0. The highest BCUT2D eigenvalue weighted by Gasteiger charge is 2.25. The molecule has 4 aromatic rings. The third-order valence-electron chi connectivity index (χ3n) is 5.36. The van der Waals surface area contributed by atoms with E-state index in [1.165, 1.54) is 16.9 Å². The molecule has 0 bridgehead atoms. The highest BCUT2D eigenvalue weighted by molar-refractivity contribution is 7.80.